The van der Waals surface area contributed by atoms with Gasteiger partial charge >= 0.3 is 11.4 Å². The molecule has 0 saturated heterocycles. The number of methoxy groups -OCH3 is 1. The number of aromatic nitrogens is 3. The van der Waals surface area contributed by atoms with Gasteiger partial charge in [-0.1, -0.05) is 48.7 Å². The first-order chi connectivity index (χ1) is 17.8. The summed E-state index contributed by atoms with van der Waals surface area (Å²) in [6.07, 6.45) is 1.99. The molecule has 37 heavy (non-hydrogen) atoms. The monoisotopic (exact) mass is 547 g/mol. The Labute approximate surface area is 225 Å². The lowest BCUT2D eigenvalue weighted by molar-refractivity contribution is 0.414. The van der Waals surface area contributed by atoms with Crippen LogP contribution < -0.4 is 32.5 Å². The van der Waals surface area contributed by atoms with E-state index in [1.807, 2.05) is 12.1 Å². The molecule has 10 nitrogen and oxygen atoms in total. The van der Waals surface area contributed by atoms with Gasteiger partial charge in [0.15, 0.2) is 5.96 Å². The highest BCUT2D eigenvalue weighted by atomic mass is 35.5. The van der Waals surface area contributed by atoms with E-state index in [0.717, 1.165) is 23.0 Å². The molecular formula is C25H31Cl2N7O3. The Bertz CT molecular complexity index is 1320. The third kappa shape index (κ3) is 8.26. The van der Waals surface area contributed by atoms with Gasteiger partial charge in [0, 0.05) is 29.7 Å². The summed E-state index contributed by atoms with van der Waals surface area (Å²) in [6, 6.07) is 12.2. The molecule has 3 rings (SSSR count). The van der Waals surface area contributed by atoms with Crippen molar-refractivity contribution in [3.05, 3.63) is 84.6 Å². The van der Waals surface area contributed by atoms with Gasteiger partial charge in [0.2, 0.25) is 5.95 Å². The molecule has 12 heteroatoms. The maximum Gasteiger partial charge on any atom is 0.355 e. The molecule has 0 aliphatic carbocycles. The normalized spacial score (nSPS) is 11.4. The summed E-state index contributed by atoms with van der Waals surface area (Å²) in [5.41, 5.74) is 6.09. The highest BCUT2D eigenvalue weighted by Crippen LogP contribution is 2.19. The van der Waals surface area contributed by atoms with E-state index in [1.165, 1.54) is 4.57 Å². The summed E-state index contributed by atoms with van der Waals surface area (Å²) in [4.78, 5) is 34.8. The van der Waals surface area contributed by atoms with Gasteiger partial charge in [0.25, 0.3) is 0 Å². The van der Waals surface area contributed by atoms with Crippen molar-refractivity contribution < 1.29 is 4.74 Å². The largest absolute Gasteiger partial charge is 0.497 e. The Kier molecular flexibility index (Phi) is 10.4. The second-order valence-corrected chi connectivity index (χ2v) is 9.15. The maximum atomic E-state index is 13.5. The summed E-state index contributed by atoms with van der Waals surface area (Å²) < 4.78 is 7.68. The van der Waals surface area contributed by atoms with Crippen molar-refractivity contribution in [3.8, 4) is 5.75 Å². The summed E-state index contributed by atoms with van der Waals surface area (Å²) in [6.45, 7) is 3.67. The number of guanidine groups is 1. The van der Waals surface area contributed by atoms with Crippen LogP contribution in [-0.2, 0) is 13.1 Å². The molecule has 0 aliphatic heterocycles. The lowest BCUT2D eigenvalue weighted by Gasteiger charge is -2.16. The third-order valence-electron chi connectivity index (χ3n) is 5.42. The zero-order valence-electron chi connectivity index (χ0n) is 20.8. The Morgan fingerprint density at radius 1 is 1.03 bits per heavy atom. The number of anilines is 1. The molecule has 4 N–H and O–H groups in total. The smallest absolute Gasteiger partial charge is 0.355 e. The SMILES string of the molecule is CCCCN=C(N)NCCNc1nc(=O)n(Cc2cc(Cl)cc(Cl)c2)c(=O)n1Cc1ccc(OC)cc1. The molecule has 0 aliphatic rings. The van der Waals surface area contributed by atoms with Gasteiger partial charge in [0.05, 0.1) is 20.2 Å². The predicted molar refractivity (Wildman–Crippen MR) is 148 cm³/mol. The number of hydrogen-bond acceptors (Lipinski definition) is 6. The van der Waals surface area contributed by atoms with Crippen LogP contribution in [0.5, 0.6) is 5.75 Å². The van der Waals surface area contributed by atoms with E-state index in [2.05, 4.69) is 27.5 Å². The first-order valence-corrected chi connectivity index (χ1v) is 12.6. The minimum atomic E-state index is -0.691. The van der Waals surface area contributed by atoms with Gasteiger partial charge in [0.1, 0.15) is 5.75 Å². The molecule has 0 bridgehead atoms. The molecule has 0 amide bonds. The molecule has 1 aromatic heterocycles. The molecule has 0 unspecified atom stereocenters. The van der Waals surface area contributed by atoms with Crippen molar-refractivity contribution in [2.45, 2.75) is 32.9 Å². The highest BCUT2D eigenvalue weighted by Gasteiger charge is 2.15. The number of rotatable bonds is 12. The van der Waals surface area contributed by atoms with Gasteiger partial charge in [-0.25, -0.2) is 14.2 Å². The molecule has 198 valence electrons. The van der Waals surface area contributed by atoms with E-state index in [1.54, 1.807) is 37.4 Å². The van der Waals surface area contributed by atoms with Crippen LogP contribution in [0.1, 0.15) is 30.9 Å². The zero-order chi connectivity index (χ0) is 26.8. The summed E-state index contributed by atoms with van der Waals surface area (Å²) in [5.74, 6) is 1.18. The van der Waals surface area contributed by atoms with Crippen LogP contribution in [0.25, 0.3) is 0 Å². The van der Waals surface area contributed by atoms with Crippen LogP contribution in [0.15, 0.2) is 57.0 Å². The Morgan fingerprint density at radius 2 is 1.70 bits per heavy atom. The number of benzene rings is 2. The number of aliphatic imine (C=N–C) groups is 1. The van der Waals surface area contributed by atoms with Crippen molar-refractivity contribution in [2.24, 2.45) is 10.7 Å². The Balaban J connectivity index is 1.87. The Morgan fingerprint density at radius 3 is 2.35 bits per heavy atom. The molecule has 1 heterocycles. The summed E-state index contributed by atoms with van der Waals surface area (Å²) in [7, 11) is 1.58. The molecule has 0 saturated carbocycles. The minimum absolute atomic E-state index is 0.0276. The van der Waals surface area contributed by atoms with Crippen molar-refractivity contribution in [3.63, 3.8) is 0 Å². The van der Waals surface area contributed by atoms with Crippen LogP contribution in [0.2, 0.25) is 10.0 Å². The third-order valence-corrected chi connectivity index (χ3v) is 5.86. The van der Waals surface area contributed by atoms with Crippen molar-refractivity contribution in [1.29, 1.82) is 0 Å². The van der Waals surface area contributed by atoms with E-state index < -0.39 is 11.4 Å². The number of unbranched alkanes of at least 4 members (excludes halogenated alkanes) is 1. The van der Waals surface area contributed by atoms with Crippen molar-refractivity contribution in [2.75, 3.05) is 32.1 Å². The topological polar surface area (TPSA) is 129 Å². The van der Waals surface area contributed by atoms with Gasteiger partial charge in [-0.3, -0.25) is 9.56 Å². The van der Waals surface area contributed by atoms with Gasteiger partial charge in [-0.2, -0.15) is 4.98 Å². The standard InChI is InChI=1S/C25H31Cl2N7O3/c1-3-4-9-29-22(28)30-10-11-31-23-32-24(35)34(16-18-12-19(26)14-20(27)13-18)25(36)33(23)15-17-5-7-21(37-2)8-6-17/h5-8,12-14H,3-4,9-11,15-16H2,1-2H3,(H3,28,29,30)(H,31,32,35). The van der Waals surface area contributed by atoms with Crippen LogP contribution >= 0.6 is 23.2 Å². The first kappa shape index (κ1) is 28.1. The first-order valence-electron chi connectivity index (χ1n) is 11.9. The second-order valence-electron chi connectivity index (χ2n) is 8.27. The van der Waals surface area contributed by atoms with E-state index >= 15 is 0 Å². The van der Waals surface area contributed by atoms with Crippen LogP contribution in [-0.4, -0.2) is 46.8 Å². The summed E-state index contributed by atoms with van der Waals surface area (Å²) in [5, 5.41) is 6.89. The predicted octanol–water partition coefficient (Wildman–Crippen LogP) is 2.93. The van der Waals surface area contributed by atoms with E-state index in [4.69, 9.17) is 33.7 Å². The van der Waals surface area contributed by atoms with Crippen molar-refractivity contribution in [1.82, 2.24) is 19.4 Å². The molecule has 3 aromatic rings. The number of ether oxygens (including phenoxy) is 1. The van der Waals surface area contributed by atoms with E-state index in [9.17, 15) is 9.59 Å². The maximum absolute atomic E-state index is 13.5. The van der Waals surface area contributed by atoms with Crippen LogP contribution in [0, 0.1) is 0 Å². The Hall–Kier alpha value is -3.50. The zero-order valence-corrected chi connectivity index (χ0v) is 22.3. The minimum Gasteiger partial charge on any atom is -0.497 e. The fourth-order valence-corrected chi connectivity index (χ4v) is 4.09. The second kappa shape index (κ2) is 13.7. The summed E-state index contributed by atoms with van der Waals surface area (Å²) >= 11 is 12.2. The van der Waals surface area contributed by atoms with E-state index in [0.29, 0.717) is 47.0 Å². The van der Waals surface area contributed by atoms with Gasteiger partial charge < -0.3 is 21.1 Å². The number of hydrogen-bond donors (Lipinski definition) is 3. The quantitative estimate of drug-likeness (QED) is 0.180. The fraction of sp³-hybridized carbons (Fsp3) is 0.360. The fourth-order valence-electron chi connectivity index (χ4n) is 3.52. The number of nitrogens with two attached hydrogens (primary N) is 1. The molecular weight excluding hydrogens is 517 g/mol. The molecule has 0 spiro atoms. The van der Waals surface area contributed by atoms with Gasteiger partial charge in [-0.15, -0.1) is 0 Å². The number of nitrogens with zero attached hydrogens (tertiary/aromatic N) is 4. The molecule has 0 radical (unpaired) electrons. The van der Waals surface area contributed by atoms with Crippen LogP contribution in [0.3, 0.4) is 0 Å². The van der Waals surface area contributed by atoms with Crippen molar-refractivity contribution >= 4 is 35.1 Å². The lowest BCUT2D eigenvalue weighted by atomic mass is 10.2. The average molecular weight is 548 g/mol. The number of nitrogens with one attached hydrogen (secondary N) is 2. The average Bonchev–Trinajstić information content (AvgIpc) is 2.86. The van der Waals surface area contributed by atoms with E-state index in [-0.39, 0.29) is 19.0 Å². The van der Waals surface area contributed by atoms with Crippen LogP contribution in [0.4, 0.5) is 5.95 Å². The molecule has 2 aromatic carbocycles. The highest BCUT2D eigenvalue weighted by molar-refractivity contribution is 6.34. The molecule has 0 atom stereocenters. The van der Waals surface area contributed by atoms with Gasteiger partial charge in [-0.05, 0) is 47.9 Å². The lowest BCUT2D eigenvalue weighted by Crippen LogP contribution is -2.44. The number of halogens is 2. The molecule has 0 fully saturated rings.